The fourth-order valence-electron chi connectivity index (χ4n) is 2.89. The number of aryl methyl sites for hydroxylation is 1. The third-order valence-corrected chi connectivity index (χ3v) is 4.03. The van der Waals surface area contributed by atoms with Gasteiger partial charge in [0.05, 0.1) is 5.69 Å². The molecule has 0 bridgehead atoms. The van der Waals surface area contributed by atoms with Gasteiger partial charge in [-0.1, -0.05) is 12.1 Å². The molecule has 0 amide bonds. The third-order valence-electron chi connectivity index (χ3n) is 4.03. The summed E-state index contributed by atoms with van der Waals surface area (Å²) >= 11 is 0. The van der Waals surface area contributed by atoms with Crippen LogP contribution in [0.5, 0.6) is 5.75 Å². The van der Waals surface area contributed by atoms with Gasteiger partial charge < -0.3 is 10.4 Å². The van der Waals surface area contributed by atoms with Crippen molar-refractivity contribution < 1.29 is 9.50 Å². The van der Waals surface area contributed by atoms with Gasteiger partial charge in [-0.05, 0) is 36.8 Å². The Hall–Kier alpha value is -1.69. The van der Waals surface area contributed by atoms with E-state index in [4.69, 9.17) is 0 Å². The molecule has 4 nitrogen and oxygen atoms in total. The molecule has 1 unspecified atom stereocenters. The number of piperazine rings is 1. The Bertz CT molecular complexity index is 668. The second kappa shape index (κ2) is 7.73. The Kier molecular flexibility index (Phi) is 5.93. The van der Waals surface area contributed by atoms with Gasteiger partial charge in [0.15, 0.2) is 0 Å². The van der Waals surface area contributed by atoms with Gasteiger partial charge >= 0.3 is 0 Å². The molecule has 124 valence electrons. The Morgan fingerprint density at radius 2 is 2.17 bits per heavy atom. The highest BCUT2D eigenvalue weighted by Crippen LogP contribution is 2.26. The van der Waals surface area contributed by atoms with Crippen molar-refractivity contribution in [2.45, 2.75) is 19.5 Å². The standard InChI is InChI=1S/C17H20FN3O.ClH/c1-12-5-6-17(22)15(20-12)11-21-8-7-19-10-16(21)13-3-2-4-14(18)9-13;/h2-6,9,16,19,22H,7-8,10-11H2,1H3;1H. The first-order valence-electron chi connectivity index (χ1n) is 7.49. The van der Waals surface area contributed by atoms with Crippen LogP contribution in [0.4, 0.5) is 4.39 Å². The van der Waals surface area contributed by atoms with Crippen molar-refractivity contribution in [3.8, 4) is 5.75 Å². The monoisotopic (exact) mass is 337 g/mol. The molecule has 0 aliphatic carbocycles. The summed E-state index contributed by atoms with van der Waals surface area (Å²) in [6.07, 6.45) is 0. The predicted molar refractivity (Wildman–Crippen MR) is 90.3 cm³/mol. The van der Waals surface area contributed by atoms with Crippen LogP contribution in [0.25, 0.3) is 0 Å². The van der Waals surface area contributed by atoms with E-state index < -0.39 is 0 Å². The molecule has 2 aromatic rings. The maximum Gasteiger partial charge on any atom is 0.138 e. The van der Waals surface area contributed by atoms with E-state index in [-0.39, 0.29) is 30.0 Å². The number of hydrogen-bond acceptors (Lipinski definition) is 4. The first kappa shape index (κ1) is 17.7. The van der Waals surface area contributed by atoms with Gasteiger partial charge in [0.25, 0.3) is 0 Å². The van der Waals surface area contributed by atoms with Crippen LogP contribution in [0.2, 0.25) is 0 Å². The molecular weight excluding hydrogens is 317 g/mol. The summed E-state index contributed by atoms with van der Waals surface area (Å²) in [5.74, 6) is -0.0123. The molecule has 6 heteroatoms. The van der Waals surface area contributed by atoms with E-state index in [2.05, 4.69) is 15.2 Å². The molecule has 0 saturated carbocycles. The first-order chi connectivity index (χ1) is 10.6. The minimum atomic E-state index is -0.223. The van der Waals surface area contributed by atoms with Crippen LogP contribution >= 0.6 is 12.4 Å². The number of aromatic nitrogens is 1. The summed E-state index contributed by atoms with van der Waals surface area (Å²) in [7, 11) is 0. The van der Waals surface area contributed by atoms with E-state index in [1.807, 2.05) is 13.0 Å². The molecule has 2 heterocycles. The fourth-order valence-corrected chi connectivity index (χ4v) is 2.89. The summed E-state index contributed by atoms with van der Waals surface area (Å²) in [6.45, 7) is 4.92. The quantitative estimate of drug-likeness (QED) is 0.904. The molecule has 1 aromatic carbocycles. The predicted octanol–water partition coefficient (Wildman–Crippen LogP) is 2.80. The zero-order chi connectivity index (χ0) is 15.5. The SMILES string of the molecule is Cc1ccc(O)c(CN2CCNCC2c2cccc(F)c2)n1.Cl. The number of pyridine rings is 1. The summed E-state index contributed by atoms with van der Waals surface area (Å²) in [5.41, 5.74) is 2.49. The zero-order valence-corrected chi connectivity index (χ0v) is 13.8. The van der Waals surface area contributed by atoms with Crippen LogP contribution in [0.3, 0.4) is 0 Å². The maximum atomic E-state index is 13.5. The molecular formula is C17H21ClFN3O. The van der Waals surface area contributed by atoms with E-state index in [0.29, 0.717) is 12.2 Å². The van der Waals surface area contributed by atoms with E-state index in [1.165, 1.54) is 6.07 Å². The normalized spacial score (nSPS) is 18.4. The highest BCUT2D eigenvalue weighted by molar-refractivity contribution is 5.85. The molecule has 23 heavy (non-hydrogen) atoms. The zero-order valence-electron chi connectivity index (χ0n) is 13.0. The van der Waals surface area contributed by atoms with Gasteiger partial charge in [-0.3, -0.25) is 9.88 Å². The summed E-state index contributed by atoms with van der Waals surface area (Å²) in [4.78, 5) is 6.66. The van der Waals surface area contributed by atoms with Gasteiger partial charge in [0.1, 0.15) is 11.6 Å². The molecule has 1 fully saturated rings. The minimum Gasteiger partial charge on any atom is -0.506 e. The lowest BCUT2D eigenvalue weighted by Crippen LogP contribution is -2.45. The number of hydrogen-bond donors (Lipinski definition) is 2. The van der Waals surface area contributed by atoms with Crippen LogP contribution in [0.1, 0.15) is 23.0 Å². The van der Waals surface area contributed by atoms with Crippen LogP contribution in [0.15, 0.2) is 36.4 Å². The molecule has 1 aliphatic heterocycles. The topological polar surface area (TPSA) is 48.4 Å². The van der Waals surface area contributed by atoms with Gasteiger partial charge in [-0.15, -0.1) is 12.4 Å². The lowest BCUT2D eigenvalue weighted by atomic mass is 10.0. The van der Waals surface area contributed by atoms with E-state index in [9.17, 15) is 9.50 Å². The molecule has 1 saturated heterocycles. The molecule has 1 atom stereocenters. The maximum absolute atomic E-state index is 13.5. The second-order valence-electron chi connectivity index (χ2n) is 5.66. The summed E-state index contributed by atoms with van der Waals surface area (Å²) < 4.78 is 13.5. The van der Waals surface area contributed by atoms with Crippen LogP contribution < -0.4 is 5.32 Å². The highest BCUT2D eigenvalue weighted by Gasteiger charge is 2.25. The molecule has 0 radical (unpaired) electrons. The average Bonchev–Trinajstić information content (AvgIpc) is 2.51. The molecule has 1 aliphatic rings. The number of nitrogens with one attached hydrogen (secondary N) is 1. The number of nitrogens with zero attached hydrogens (tertiary/aromatic N) is 2. The summed E-state index contributed by atoms with van der Waals surface area (Å²) in [6, 6.07) is 10.3. The Balaban J connectivity index is 0.00000192. The number of rotatable bonds is 3. The molecule has 0 spiro atoms. The number of halogens is 2. The molecule has 2 N–H and O–H groups in total. The number of aromatic hydroxyl groups is 1. The summed E-state index contributed by atoms with van der Waals surface area (Å²) in [5, 5.41) is 13.3. The van der Waals surface area contributed by atoms with E-state index in [1.54, 1.807) is 24.3 Å². The van der Waals surface area contributed by atoms with E-state index in [0.717, 1.165) is 30.9 Å². The fraction of sp³-hybridized carbons (Fsp3) is 0.353. The third kappa shape index (κ3) is 4.19. The Labute approximate surface area is 141 Å². The Morgan fingerprint density at radius 1 is 1.35 bits per heavy atom. The first-order valence-corrected chi connectivity index (χ1v) is 7.49. The lowest BCUT2D eigenvalue weighted by molar-refractivity contribution is 0.150. The van der Waals surface area contributed by atoms with Gasteiger partial charge in [-0.25, -0.2) is 4.39 Å². The van der Waals surface area contributed by atoms with Gasteiger partial charge in [-0.2, -0.15) is 0 Å². The smallest absolute Gasteiger partial charge is 0.138 e. The van der Waals surface area contributed by atoms with Crippen molar-refractivity contribution in [3.63, 3.8) is 0 Å². The molecule has 3 rings (SSSR count). The van der Waals surface area contributed by atoms with Crippen molar-refractivity contribution in [3.05, 3.63) is 59.2 Å². The van der Waals surface area contributed by atoms with Crippen LogP contribution in [0, 0.1) is 12.7 Å². The van der Waals surface area contributed by atoms with Crippen LogP contribution in [-0.2, 0) is 6.54 Å². The van der Waals surface area contributed by atoms with Crippen molar-refractivity contribution in [2.75, 3.05) is 19.6 Å². The van der Waals surface area contributed by atoms with Crippen molar-refractivity contribution in [2.24, 2.45) is 0 Å². The van der Waals surface area contributed by atoms with Crippen molar-refractivity contribution in [1.29, 1.82) is 0 Å². The van der Waals surface area contributed by atoms with E-state index >= 15 is 0 Å². The Morgan fingerprint density at radius 3 is 2.96 bits per heavy atom. The van der Waals surface area contributed by atoms with Crippen molar-refractivity contribution in [1.82, 2.24) is 15.2 Å². The van der Waals surface area contributed by atoms with Crippen molar-refractivity contribution >= 4 is 12.4 Å². The van der Waals surface area contributed by atoms with Gasteiger partial charge in [0, 0.05) is 37.9 Å². The lowest BCUT2D eigenvalue weighted by Gasteiger charge is -2.36. The highest BCUT2D eigenvalue weighted by atomic mass is 35.5. The second-order valence-corrected chi connectivity index (χ2v) is 5.66. The van der Waals surface area contributed by atoms with Crippen LogP contribution in [-0.4, -0.2) is 34.6 Å². The average molecular weight is 338 g/mol. The number of benzene rings is 1. The molecule has 1 aromatic heterocycles. The largest absolute Gasteiger partial charge is 0.506 e. The minimum absolute atomic E-state index is 0. The van der Waals surface area contributed by atoms with Gasteiger partial charge in [0.2, 0.25) is 0 Å².